The van der Waals surface area contributed by atoms with Crippen molar-refractivity contribution in [1.82, 2.24) is 9.88 Å². The third kappa shape index (κ3) is 8.47. The zero-order valence-electron chi connectivity index (χ0n) is 21.0. The molecule has 0 fully saturated rings. The average molecular weight is 477 g/mol. The van der Waals surface area contributed by atoms with Gasteiger partial charge < -0.3 is 20.3 Å². The predicted molar refractivity (Wildman–Crippen MR) is 137 cm³/mol. The Kier molecular flexibility index (Phi) is 10.1. The van der Waals surface area contributed by atoms with Gasteiger partial charge in [0.2, 0.25) is 6.43 Å². The Labute approximate surface area is 201 Å². The number of alkyl halides is 2. The first-order chi connectivity index (χ1) is 16.0. The number of fused-ring (bicyclic) bond motifs is 1. The fourth-order valence-corrected chi connectivity index (χ4v) is 3.42. The van der Waals surface area contributed by atoms with Crippen LogP contribution in [0.4, 0.5) is 25.1 Å². The third-order valence-corrected chi connectivity index (χ3v) is 5.12. The van der Waals surface area contributed by atoms with Gasteiger partial charge in [0.15, 0.2) is 0 Å². The lowest BCUT2D eigenvalue weighted by Crippen LogP contribution is -2.35. The number of nitrogens with zero attached hydrogens (tertiary/aromatic N) is 2. The lowest BCUT2D eigenvalue weighted by molar-refractivity contribution is 0.0298. The Morgan fingerprint density at radius 3 is 2.59 bits per heavy atom. The SMILES string of the molecule is C=C(CCC(F)F)c1nc(NCCC)cc2c(NCCCN(C)C(=O)OC(C)(C)C)cccc12. The first-order valence-corrected chi connectivity index (χ1v) is 11.8. The second-order valence-corrected chi connectivity index (χ2v) is 9.40. The standard InChI is InChI=1S/C26H38F2N4O2/c1-7-14-30-23-17-20-19(24(31-23)18(2)12-13-22(27)28)10-8-11-21(20)29-15-9-16-32(6)25(33)34-26(3,4)5/h8,10-11,17,22,29H,2,7,9,12-16H2,1,3-6H3,(H,30,31). The number of ether oxygens (including phenoxy) is 1. The topological polar surface area (TPSA) is 66.5 Å². The van der Waals surface area contributed by atoms with Gasteiger partial charge in [-0.2, -0.15) is 0 Å². The zero-order chi connectivity index (χ0) is 25.3. The average Bonchev–Trinajstić information content (AvgIpc) is 2.77. The number of nitrogens with one attached hydrogen (secondary N) is 2. The summed E-state index contributed by atoms with van der Waals surface area (Å²) in [5.41, 5.74) is 1.63. The molecule has 0 spiro atoms. The van der Waals surface area contributed by atoms with Crippen molar-refractivity contribution < 1.29 is 18.3 Å². The van der Waals surface area contributed by atoms with Gasteiger partial charge in [0.25, 0.3) is 0 Å². The van der Waals surface area contributed by atoms with Crippen LogP contribution in [0.3, 0.4) is 0 Å². The highest BCUT2D eigenvalue weighted by Crippen LogP contribution is 2.32. The van der Waals surface area contributed by atoms with E-state index in [-0.39, 0.29) is 18.9 Å². The maximum Gasteiger partial charge on any atom is 0.410 e. The van der Waals surface area contributed by atoms with E-state index in [4.69, 9.17) is 4.74 Å². The second kappa shape index (κ2) is 12.5. The molecule has 1 amide bonds. The Bertz CT molecular complexity index is 973. The number of halogens is 2. The molecule has 0 aliphatic heterocycles. The van der Waals surface area contributed by atoms with E-state index in [2.05, 4.69) is 29.1 Å². The summed E-state index contributed by atoms with van der Waals surface area (Å²) < 4.78 is 30.9. The number of anilines is 2. The third-order valence-electron chi connectivity index (χ3n) is 5.12. The number of pyridine rings is 1. The highest BCUT2D eigenvalue weighted by molar-refractivity contribution is 6.00. The Hall–Kier alpha value is -2.90. The largest absolute Gasteiger partial charge is 0.444 e. The predicted octanol–water partition coefficient (Wildman–Crippen LogP) is 6.78. The molecule has 1 aromatic carbocycles. The van der Waals surface area contributed by atoms with Crippen LogP contribution < -0.4 is 10.6 Å². The minimum atomic E-state index is -2.37. The zero-order valence-corrected chi connectivity index (χ0v) is 21.0. The van der Waals surface area contributed by atoms with Crippen LogP contribution in [0.5, 0.6) is 0 Å². The van der Waals surface area contributed by atoms with E-state index >= 15 is 0 Å². The molecule has 0 radical (unpaired) electrons. The summed E-state index contributed by atoms with van der Waals surface area (Å²) in [7, 11) is 1.72. The van der Waals surface area contributed by atoms with Crippen LogP contribution in [0.1, 0.15) is 59.1 Å². The van der Waals surface area contributed by atoms with Crippen molar-refractivity contribution in [3.8, 4) is 0 Å². The molecule has 0 aliphatic rings. The molecule has 188 valence electrons. The summed E-state index contributed by atoms with van der Waals surface area (Å²) in [6.07, 6.45) is -1.11. The van der Waals surface area contributed by atoms with E-state index in [9.17, 15) is 13.6 Å². The van der Waals surface area contributed by atoms with Crippen LogP contribution in [0.2, 0.25) is 0 Å². The number of carbonyl (C=O) groups is 1. The molecule has 2 rings (SSSR count). The molecule has 1 heterocycles. The second-order valence-electron chi connectivity index (χ2n) is 9.40. The molecule has 34 heavy (non-hydrogen) atoms. The number of rotatable bonds is 12. The molecule has 8 heteroatoms. The van der Waals surface area contributed by atoms with Gasteiger partial charge in [-0.15, -0.1) is 0 Å². The fourth-order valence-electron chi connectivity index (χ4n) is 3.42. The molecule has 0 unspecified atom stereocenters. The number of amides is 1. The molecule has 0 atom stereocenters. The van der Waals surface area contributed by atoms with E-state index in [1.165, 1.54) is 0 Å². The smallest absolute Gasteiger partial charge is 0.410 e. The van der Waals surface area contributed by atoms with E-state index in [1.54, 1.807) is 11.9 Å². The normalized spacial score (nSPS) is 11.5. The molecule has 1 aromatic heterocycles. The number of hydrogen-bond donors (Lipinski definition) is 2. The van der Waals surface area contributed by atoms with Crippen molar-refractivity contribution >= 4 is 33.9 Å². The van der Waals surface area contributed by atoms with E-state index in [1.807, 2.05) is 45.0 Å². The molecular weight excluding hydrogens is 438 g/mol. The van der Waals surface area contributed by atoms with Gasteiger partial charge in [-0.1, -0.05) is 25.6 Å². The molecule has 2 N–H and O–H groups in total. The van der Waals surface area contributed by atoms with Crippen LogP contribution in [-0.2, 0) is 4.74 Å². The van der Waals surface area contributed by atoms with Crippen LogP contribution in [0.25, 0.3) is 16.3 Å². The summed E-state index contributed by atoms with van der Waals surface area (Å²) in [6.45, 7) is 13.6. The summed E-state index contributed by atoms with van der Waals surface area (Å²) in [4.78, 5) is 18.4. The van der Waals surface area contributed by atoms with E-state index < -0.39 is 12.0 Å². The molecule has 0 saturated heterocycles. The summed E-state index contributed by atoms with van der Waals surface area (Å²) in [6, 6.07) is 7.82. The summed E-state index contributed by atoms with van der Waals surface area (Å²) in [5, 5.41) is 8.57. The van der Waals surface area contributed by atoms with Gasteiger partial charge in [0.05, 0.1) is 5.69 Å². The number of aromatic nitrogens is 1. The Morgan fingerprint density at radius 2 is 1.94 bits per heavy atom. The maximum absolute atomic E-state index is 12.8. The lowest BCUT2D eigenvalue weighted by Gasteiger charge is -2.24. The minimum absolute atomic E-state index is 0.186. The molecule has 0 saturated carbocycles. The van der Waals surface area contributed by atoms with Crippen molar-refractivity contribution in [1.29, 1.82) is 0 Å². The number of allylic oxidation sites excluding steroid dienone is 1. The van der Waals surface area contributed by atoms with Gasteiger partial charge in [0.1, 0.15) is 11.4 Å². The van der Waals surface area contributed by atoms with Crippen LogP contribution in [0.15, 0.2) is 30.8 Å². The Balaban J connectivity index is 2.17. The maximum atomic E-state index is 12.8. The summed E-state index contributed by atoms with van der Waals surface area (Å²) in [5.74, 6) is 0.696. The first kappa shape index (κ1) is 27.3. The molecule has 6 nitrogen and oxygen atoms in total. The van der Waals surface area contributed by atoms with Gasteiger partial charge in [-0.05, 0) is 57.7 Å². The highest BCUT2D eigenvalue weighted by Gasteiger charge is 2.19. The Morgan fingerprint density at radius 1 is 1.21 bits per heavy atom. The van der Waals surface area contributed by atoms with Gasteiger partial charge in [0, 0.05) is 49.6 Å². The van der Waals surface area contributed by atoms with Gasteiger partial charge >= 0.3 is 6.09 Å². The molecule has 0 aliphatic carbocycles. The van der Waals surface area contributed by atoms with Crippen molar-refractivity contribution in [2.75, 3.05) is 37.3 Å². The van der Waals surface area contributed by atoms with E-state index in [0.29, 0.717) is 30.2 Å². The number of hydrogen-bond acceptors (Lipinski definition) is 5. The van der Waals surface area contributed by atoms with Crippen LogP contribution in [0, 0.1) is 0 Å². The van der Waals surface area contributed by atoms with E-state index in [0.717, 1.165) is 35.8 Å². The van der Waals surface area contributed by atoms with Gasteiger partial charge in [-0.25, -0.2) is 18.6 Å². The quantitative estimate of drug-likeness (QED) is 0.330. The van der Waals surface area contributed by atoms with Crippen LogP contribution >= 0.6 is 0 Å². The molecular formula is C26H38F2N4O2. The van der Waals surface area contributed by atoms with Crippen LogP contribution in [-0.4, -0.2) is 54.7 Å². The van der Waals surface area contributed by atoms with Crippen molar-refractivity contribution in [2.45, 2.75) is 65.4 Å². The molecule has 2 aromatic rings. The minimum Gasteiger partial charge on any atom is -0.444 e. The lowest BCUT2D eigenvalue weighted by atomic mass is 10.0. The van der Waals surface area contributed by atoms with Gasteiger partial charge in [-0.3, -0.25) is 0 Å². The fraction of sp³-hybridized carbons (Fsp3) is 0.538. The van der Waals surface area contributed by atoms with Crippen molar-refractivity contribution in [3.05, 3.63) is 36.5 Å². The summed E-state index contributed by atoms with van der Waals surface area (Å²) >= 11 is 0. The number of benzene rings is 1. The monoisotopic (exact) mass is 476 g/mol. The first-order valence-electron chi connectivity index (χ1n) is 11.8. The highest BCUT2D eigenvalue weighted by atomic mass is 19.3. The van der Waals surface area contributed by atoms with Crippen molar-refractivity contribution in [3.63, 3.8) is 0 Å². The number of carbonyl (C=O) groups excluding carboxylic acids is 1. The molecule has 0 bridgehead atoms. The van der Waals surface area contributed by atoms with Crippen molar-refractivity contribution in [2.24, 2.45) is 0 Å².